The van der Waals surface area contributed by atoms with Crippen molar-refractivity contribution in [3.8, 4) is 17.6 Å². The van der Waals surface area contributed by atoms with Gasteiger partial charge in [-0.25, -0.2) is 0 Å². The summed E-state index contributed by atoms with van der Waals surface area (Å²) in [4.78, 5) is 4.57. The number of aryl methyl sites for hydroxylation is 2. The highest BCUT2D eigenvalue weighted by molar-refractivity contribution is 5.93. The molecular formula is C16H18N2O2. The highest BCUT2D eigenvalue weighted by atomic mass is 16.5. The first-order valence-electron chi connectivity index (χ1n) is 6.61. The molecule has 104 valence electrons. The van der Waals surface area contributed by atoms with Crippen molar-refractivity contribution in [1.29, 1.82) is 5.26 Å². The lowest BCUT2D eigenvalue weighted by molar-refractivity contribution is 0.356. The van der Waals surface area contributed by atoms with E-state index in [4.69, 9.17) is 9.47 Å². The number of ether oxygens (including phenoxy) is 2. The van der Waals surface area contributed by atoms with Crippen LogP contribution in [0.4, 0.5) is 0 Å². The zero-order valence-corrected chi connectivity index (χ0v) is 12.3. The van der Waals surface area contributed by atoms with Crippen LogP contribution in [0.1, 0.15) is 30.3 Å². The van der Waals surface area contributed by atoms with Gasteiger partial charge in [-0.05, 0) is 25.5 Å². The number of rotatable bonds is 4. The van der Waals surface area contributed by atoms with Gasteiger partial charge in [0.15, 0.2) is 11.5 Å². The van der Waals surface area contributed by atoms with Crippen molar-refractivity contribution in [2.45, 2.75) is 26.7 Å². The van der Waals surface area contributed by atoms with Gasteiger partial charge in [-0.1, -0.05) is 13.3 Å². The third-order valence-corrected chi connectivity index (χ3v) is 3.37. The van der Waals surface area contributed by atoms with Crippen LogP contribution in [0.5, 0.6) is 11.5 Å². The average Bonchev–Trinajstić information content (AvgIpc) is 2.46. The molecule has 0 fully saturated rings. The van der Waals surface area contributed by atoms with Gasteiger partial charge in [-0.2, -0.15) is 5.26 Å². The van der Waals surface area contributed by atoms with E-state index in [9.17, 15) is 5.26 Å². The molecule has 0 radical (unpaired) electrons. The van der Waals surface area contributed by atoms with Crippen LogP contribution in [0.2, 0.25) is 0 Å². The van der Waals surface area contributed by atoms with E-state index in [1.807, 2.05) is 19.1 Å². The molecule has 1 aromatic carbocycles. The second-order valence-corrected chi connectivity index (χ2v) is 4.63. The zero-order chi connectivity index (χ0) is 14.7. The van der Waals surface area contributed by atoms with E-state index < -0.39 is 0 Å². The quantitative estimate of drug-likeness (QED) is 0.854. The Balaban J connectivity index is 2.87. The summed E-state index contributed by atoms with van der Waals surface area (Å²) in [7, 11) is 3.20. The molecule has 1 aromatic heterocycles. The summed E-state index contributed by atoms with van der Waals surface area (Å²) < 4.78 is 10.7. The molecule has 0 saturated heterocycles. The lowest BCUT2D eigenvalue weighted by Crippen LogP contribution is -2.00. The van der Waals surface area contributed by atoms with Crippen LogP contribution < -0.4 is 9.47 Å². The van der Waals surface area contributed by atoms with E-state index >= 15 is 0 Å². The van der Waals surface area contributed by atoms with Crippen LogP contribution in [0.3, 0.4) is 0 Å². The van der Waals surface area contributed by atoms with E-state index in [-0.39, 0.29) is 0 Å². The minimum Gasteiger partial charge on any atom is -0.493 e. The van der Waals surface area contributed by atoms with Crippen molar-refractivity contribution in [2.75, 3.05) is 14.2 Å². The predicted octanol–water partition coefficient (Wildman–Crippen LogP) is 3.38. The highest BCUT2D eigenvalue weighted by Crippen LogP contribution is 2.35. The van der Waals surface area contributed by atoms with Crippen LogP contribution in [0.15, 0.2) is 12.1 Å². The summed E-state index contributed by atoms with van der Waals surface area (Å²) in [5, 5.41) is 11.2. The van der Waals surface area contributed by atoms with E-state index in [2.05, 4.69) is 18.0 Å². The van der Waals surface area contributed by atoms with Crippen molar-refractivity contribution in [2.24, 2.45) is 0 Å². The fourth-order valence-corrected chi connectivity index (χ4v) is 2.41. The van der Waals surface area contributed by atoms with Crippen LogP contribution in [-0.4, -0.2) is 19.2 Å². The molecule has 4 nitrogen and oxygen atoms in total. The van der Waals surface area contributed by atoms with E-state index in [1.54, 1.807) is 14.2 Å². The third-order valence-electron chi connectivity index (χ3n) is 3.37. The monoisotopic (exact) mass is 270 g/mol. The second-order valence-electron chi connectivity index (χ2n) is 4.63. The summed E-state index contributed by atoms with van der Waals surface area (Å²) >= 11 is 0. The molecule has 0 unspecified atom stereocenters. The van der Waals surface area contributed by atoms with Gasteiger partial charge in [0.05, 0.1) is 25.5 Å². The number of aromatic nitrogens is 1. The van der Waals surface area contributed by atoms with Gasteiger partial charge in [-0.3, -0.25) is 4.98 Å². The molecule has 4 heteroatoms. The second kappa shape index (κ2) is 5.79. The Hall–Kier alpha value is -2.28. The molecule has 0 amide bonds. The number of fused-ring (bicyclic) bond motifs is 1. The average molecular weight is 270 g/mol. The van der Waals surface area contributed by atoms with Crippen molar-refractivity contribution >= 4 is 10.8 Å². The summed E-state index contributed by atoms with van der Waals surface area (Å²) in [5.41, 5.74) is 2.36. The number of methoxy groups -OCH3 is 2. The van der Waals surface area contributed by atoms with Gasteiger partial charge >= 0.3 is 0 Å². The Bertz CT molecular complexity index is 687. The maximum Gasteiger partial charge on any atom is 0.161 e. The summed E-state index contributed by atoms with van der Waals surface area (Å²) in [6.07, 6.45) is 1.88. The molecule has 2 rings (SSSR count). The molecule has 0 N–H and O–H groups in total. The topological polar surface area (TPSA) is 55.1 Å². The number of nitrogens with zero attached hydrogens (tertiary/aromatic N) is 2. The molecule has 0 atom stereocenters. The first-order valence-corrected chi connectivity index (χ1v) is 6.61. The van der Waals surface area contributed by atoms with Gasteiger partial charge < -0.3 is 9.47 Å². The molecule has 20 heavy (non-hydrogen) atoms. The van der Waals surface area contributed by atoms with Gasteiger partial charge in [0.1, 0.15) is 6.07 Å². The van der Waals surface area contributed by atoms with Crippen molar-refractivity contribution in [3.05, 3.63) is 29.1 Å². The molecule has 0 aliphatic carbocycles. The predicted molar refractivity (Wildman–Crippen MR) is 78.3 cm³/mol. The minimum absolute atomic E-state index is 0.598. The fourth-order valence-electron chi connectivity index (χ4n) is 2.41. The van der Waals surface area contributed by atoms with Gasteiger partial charge in [0, 0.05) is 16.5 Å². The van der Waals surface area contributed by atoms with Crippen molar-refractivity contribution in [1.82, 2.24) is 4.98 Å². The molecule has 1 heterocycles. The highest BCUT2D eigenvalue weighted by Gasteiger charge is 2.15. The van der Waals surface area contributed by atoms with Crippen molar-refractivity contribution < 1.29 is 9.47 Å². The lowest BCUT2D eigenvalue weighted by atomic mass is 10.00. The molecule has 0 aliphatic heterocycles. The Morgan fingerprint density at radius 1 is 1.15 bits per heavy atom. The Morgan fingerprint density at radius 2 is 1.75 bits per heavy atom. The van der Waals surface area contributed by atoms with Crippen LogP contribution >= 0.6 is 0 Å². The number of benzene rings is 1. The van der Waals surface area contributed by atoms with Gasteiger partial charge in [0.25, 0.3) is 0 Å². The fraction of sp³-hybridized carbons (Fsp3) is 0.375. The number of pyridine rings is 1. The third kappa shape index (κ3) is 2.27. The van der Waals surface area contributed by atoms with Gasteiger partial charge in [0.2, 0.25) is 0 Å². The lowest BCUT2D eigenvalue weighted by Gasteiger charge is -2.13. The van der Waals surface area contributed by atoms with Crippen LogP contribution in [0, 0.1) is 18.3 Å². The zero-order valence-electron chi connectivity index (χ0n) is 12.3. The minimum atomic E-state index is 0.598. The first-order chi connectivity index (χ1) is 9.65. The van der Waals surface area contributed by atoms with E-state index in [1.165, 1.54) is 0 Å². The molecule has 0 aliphatic rings. The van der Waals surface area contributed by atoms with Crippen LogP contribution in [0.25, 0.3) is 10.8 Å². The van der Waals surface area contributed by atoms with Gasteiger partial charge in [-0.15, -0.1) is 0 Å². The Kier molecular flexibility index (Phi) is 4.09. The molecule has 0 bridgehead atoms. The smallest absolute Gasteiger partial charge is 0.161 e. The van der Waals surface area contributed by atoms with Crippen LogP contribution in [-0.2, 0) is 6.42 Å². The maximum absolute atomic E-state index is 9.37. The summed E-state index contributed by atoms with van der Waals surface area (Å²) in [5.74, 6) is 1.29. The first kappa shape index (κ1) is 14.1. The largest absolute Gasteiger partial charge is 0.493 e. The number of hydrogen-bond acceptors (Lipinski definition) is 4. The summed E-state index contributed by atoms with van der Waals surface area (Å²) in [6.45, 7) is 3.98. The van der Waals surface area contributed by atoms with Crippen molar-refractivity contribution in [3.63, 3.8) is 0 Å². The van der Waals surface area contributed by atoms with E-state index in [0.29, 0.717) is 17.1 Å². The maximum atomic E-state index is 9.37. The summed E-state index contributed by atoms with van der Waals surface area (Å²) in [6, 6.07) is 6.01. The van der Waals surface area contributed by atoms with E-state index in [0.717, 1.165) is 35.0 Å². The standard InChI is InChI=1S/C16H18N2O2/c1-5-6-14-12-8-16(20-4)15(19-3)7-11(12)13(9-17)10(2)18-14/h7-8H,5-6H2,1-4H3. The Morgan fingerprint density at radius 3 is 2.25 bits per heavy atom. The normalized spacial score (nSPS) is 10.3. The molecule has 0 saturated carbocycles. The Labute approximate surface area is 119 Å². The molecule has 0 spiro atoms. The molecular weight excluding hydrogens is 252 g/mol. The molecule has 2 aromatic rings. The number of hydrogen-bond donors (Lipinski definition) is 0. The number of nitriles is 1. The SMILES string of the molecule is CCCc1nc(C)c(C#N)c2cc(OC)c(OC)cc12.